The van der Waals surface area contributed by atoms with E-state index < -0.39 is 17.5 Å². The van der Waals surface area contributed by atoms with Crippen LogP contribution in [0.4, 0.5) is 20.2 Å². The molecule has 0 atom stereocenters. The summed E-state index contributed by atoms with van der Waals surface area (Å²) in [6.07, 6.45) is 4.99. The van der Waals surface area contributed by atoms with Crippen LogP contribution < -0.4 is 10.8 Å². The molecule has 0 unspecified atom stereocenters. The van der Waals surface area contributed by atoms with E-state index in [2.05, 4.69) is 15.8 Å². The van der Waals surface area contributed by atoms with Crippen molar-refractivity contribution < 1.29 is 18.4 Å². The van der Waals surface area contributed by atoms with Gasteiger partial charge in [0.05, 0.1) is 23.5 Å². The van der Waals surface area contributed by atoms with Crippen LogP contribution in [-0.4, -0.2) is 21.9 Å². The molecule has 2 aromatic heterocycles. The Morgan fingerprint density at radius 3 is 2.81 bits per heavy atom. The number of aryl methyl sites for hydroxylation is 1. The number of rotatable bonds is 6. The minimum atomic E-state index is -0.766. The first-order chi connectivity index (χ1) is 12.5. The first kappa shape index (κ1) is 17.8. The first-order valence-corrected chi connectivity index (χ1v) is 8.17. The van der Waals surface area contributed by atoms with Crippen LogP contribution in [-0.2, 0) is 11.3 Å². The van der Waals surface area contributed by atoms with E-state index in [9.17, 15) is 13.6 Å². The Bertz CT molecular complexity index is 956. The normalized spacial score (nSPS) is 10.9. The molecule has 1 aromatic carbocycles. The summed E-state index contributed by atoms with van der Waals surface area (Å²) in [4.78, 5) is 21.2. The maximum absolute atomic E-state index is 14.9. The molecule has 3 rings (SSSR count). The number of carbonyl (C=O) groups excluding carboxylic acids is 1. The van der Waals surface area contributed by atoms with Gasteiger partial charge in [-0.05, 0) is 31.0 Å². The molecule has 1 amide bonds. The molecule has 0 fully saturated rings. The standard InChI is InChI=1S/C18H18F2N4O2/c1-3-11-5-6-14(13(19)9-11)22-16-12(18(25)23-26-4-2)10-24-8-7-21-17(24)15(16)20/h5-10,22H,3-4H2,1-2H3,(H,23,25). The largest absolute Gasteiger partial charge is 0.350 e. The zero-order valence-corrected chi connectivity index (χ0v) is 14.3. The van der Waals surface area contributed by atoms with E-state index in [1.54, 1.807) is 13.0 Å². The van der Waals surface area contributed by atoms with Crippen molar-refractivity contribution in [2.75, 3.05) is 11.9 Å². The van der Waals surface area contributed by atoms with Crippen LogP contribution in [0.5, 0.6) is 0 Å². The fourth-order valence-corrected chi connectivity index (χ4v) is 2.52. The molecule has 0 aliphatic heterocycles. The van der Waals surface area contributed by atoms with Crippen molar-refractivity contribution in [2.45, 2.75) is 20.3 Å². The molecule has 0 saturated carbocycles. The zero-order chi connectivity index (χ0) is 18.7. The van der Waals surface area contributed by atoms with Gasteiger partial charge in [0.1, 0.15) is 5.82 Å². The Balaban J connectivity index is 2.07. The number of carbonyl (C=O) groups is 1. The first-order valence-electron chi connectivity index (χ1n) is 8.17. The molecule has 0 saturated heterocycles. The van der Waals surface area contributed by atoms with Gasteiger partial charge in [0.2, 0.25) is 0 Å². The summed E-state index contributed by atoms with van der Waals surface area (Å²) in [7, 11) is 0. The van der Waals surface area contributed by atoms with Crippen molar-refractivity contribution in [3.05, 3.63) is 59.6 Å². The predicted octanol–water partition coefficient (Wildman–Crippen LogP) is 3.60. The van der Waals surface area contributed by atoms with Crippen LogP contribution >= 0.6 is 0 Å². The van der Waals surface area contributed by atoms with Crippen LogP contribution in [0, 0.1) is 11.6 Å². The number of amides is 1. The number of nitrogens with zero attached hydrogens (tertiary/aromatic N) is 2. The average molecular weight is 360 g/mol. The maximum atomic E-state index is 14.9. The van der Waals surface area contributed by atoms with Gasteiger partial charge < -0.3 is 9.72 Å². The lowest BCUT2D eigenvalue weighted by molar-refractivity contribution is 0.0364. The van der Waals surface area contributed by atoms with Crippen molar-refractivity contribution in [2.24, 2.45) is 0 Å². The van der Waals surface area contributed by atoms with Gasteiger partial charge in [-0.15, -0.1) is 0 Å². The van der Waals surface area contributed by atoms with E-state index in [4.69, 9.17) is 4.84 Å². The Labute approximate surface area is 148 Å². The van der Waals surface area contributed by atoms with E-state index in [1.165, 1.54) is 35.1 Å². The number of hydroxylamine groups is 1. The minimum absolute atomic E-state index is 0.0195. The number of aromatic nitrogens is 2. The quantitative estimate of drug-likeness (QED) is 0.659. The summed E-state index contributed by atoms with van der Waals surface area (Å²) in [6, 6.07) is 4.61. The molecule has 26 heavy (non-hydrogen) atoms. The molecule has 0 radical (unpaired) electrons. The van der Waals surface area contributed by atoms with E-state index in [0.29, 0.717) is 6.42 Å². The third-order valence-electron chi connectivity index (χ3n) is 3.88. The van der Waals surface area contributed by atoms with Gasteiger partial charge in [-0.25, -0.2) is 19.2 Å². The highest BCUT2D eigenvalue weighted by molar-refractivity contribution is 6.00. The Morgan fingerprint density at radius 1 is 1.31 bits per heavy atom. The lowest BCUT2D eigenvalue weighted by Crippen LogP contribution is -2.25. The van der Waals surface area contributed by atoms with Crippen molar-refractivity contribution in [3.63, 3.8) is 0 Å². The summed E-state index contributed by atoms with van der Waals surface area (Å²) >= 11 is 0. The van der Waals surface area contributed by atoms with Gasteiger partial charge in [-0.2, -0.15) is 0 Å². The fourth-order valence-electron chi connectivity index (χ4n) is 2.52. The summed E-state index contributed by atoms with van der Waals surface area (Å²) in [5.41, 5.74) is 2.89. The number of benzene rings is 1. The molecule has 8 heteroatoms. The number of hydrogen-bond acceptors (Lipinski definition) is 4. The summed E-state index contributed by atoms with van der Waals surface area (Å²) in [6.45, 7) is 3.85. The number of nitrogens with one attached hydrogen (secondary N) is 2. The van der Waals surface area contributed by atoms with Gasteiger partial charge in [0, 0.05) is 18.6 Å². The van der Waals surface area contributed by atoms with Crippen LogP contribution in [0.1, 0.15) is 29.8 Å². The topological polar surface area (TPSA) is 67.7 Å². The molecule has 2 N–H and O–H groups in total. The van der Waals surface area contributed by atoms with Crippen LogP contribution in [0.2, 0.25) is 0 Å². The van der Waals surface area contributed by atoms with Crippen LogP contribution in [0.3, 0.4) is 0 Å². The monoisotopic (exact) mass is 360 g/mol. The SMILES string of the molecule is CCONC(=O)c1cn2ccnc2c(F)c1Nc1ccc(CC)cc1F. The van der Waals surface area contributed by atoms with E-state index in [0.717, 1.165) is 5.56 Å². The second-order valence-corrected chi connectivity index (χ2v) is 5.55. The number of fused-ring (bicyclic) bond motifs is 1. The zero-order valence-electron chi connectivity index (χ0n) is 14.3. The molecule has 0 bridgehead atoms. The predicted molar refractivity (Wildman–Crippen MR) is 93.3 cm³/mol. The van der Waals surface area contributed by atoms with E-state index >= 15 is 0 Å². The molecular weight excluding hydrogens is 342 g/mol. The molecule has 0 spiro atoms. The number of pyridine rings is 1. The molecule has 3 aromatic rings. The van der Waals surface area contributed by atoms with Crippen LogP contribution in [0.25, 0.3) is 5.65 Å². The fraction of sp³-hybridized carbons (Fsp3) is 0.222. The summed E-state index contributed by atoms with van der Waals surface area (Å²) in [5.74, 6) is -1.96. The van der Waals surface area contributed by atoms with E-state index in [-0.39, 0.29) is 29.2 Å². The number of hydrogen-bond donors (Lipinski definition) is 2. The maximum Gasteiger partial charge on any atom is 0.278 e. The Morgan fingerprint density at radius 2 is 2.12 bits per heavy atom. The van der Waals surface area contributed by atoms with Gasteiger partial charge >= 0.3 is 0 Å². The van der Waals surface area contributed by atoms with Crippen molar-refractivity contribution >= 4 is 22.9 Å². The minimum Gasteiger partial charge on any atom is -0.350 e. The second kappa shape index (κ2) is 7.49. The second-order valence-electron chi connectivity index (χ2n) is 5.55. The highest BCUT2D eigenvalue weighted by atomic mass is 19.1. The van der Waals surface area contributed by atoms with Gasteiger partial charge in [-0.1, -0.05) is 13.0 Å². The lowest BCUT2D eigenvalue weighted by Gasteiger charge is -2.15. The Hall–Kier alpha value is -3.00. The molecule has 0 aliphatic carbocycles. The third-order valence-corrected chi connectivity index (χ3v) is 3.88. The van der Waals surface area contributed by atoms with Gasteiger partial charge in [0.25, 0.3) is 5.91 Å². The number of imidazole rings is 1. The smallest absolute Gasteiger partial charge is 0.278 e. The highest BCUT2D eigenvalue weighted by Gasteiger charge is 2.21. The molecule has 6 nitrogen and oxygen atoms in total. The summed E-state index contributed by atoms with van der Waals surface area (Å²) in [5, 5.41) is 2.68. The highest BCUT2D eigenvalue weighted by Crippen LogP contribution is 2.29. The number of halogens is 2. The molecular formula is C18H18F2N4O2. The lowest BCUT2D eigenvalue weighted by atomic mass is 10.1. The molecule has 0 aliphatic rings. The van der Waals surface area contributed by atoms with Crippen molar-refractivity contribution in [1.82, 2.24) is 14.9 Å². The van der Waals surface area contributed by atoms with Gasteiger partial charge in [0.15, 0.2) is 11.5 Å². The van der Waals surface area contributed by atoms with Gasteiger partial charge in [-0.3, -0.25) is 9.63 Å². The van der Waals surface area contributed by atoms with Crippen molar-refractivity contribution in [3.8, 4) is 0 Å². The molecule has 136 valence electrons. The number of anilines is 2. The molecule has 2 heterocycles. The Kier molecular flexibility index (Phi) is 5.13. The van der Waals surface area contributed by atoms with Crippen molar-refractivity contribution in [1.29, 1.82) is 0 Å². The summed E-state index contributed by atoms with van der Waals surface area (Å²) < 4.78 is 30.6. The third kappa shape index (κ3) is 3.36. The van der Waals surface area contributed by atoms with E-state index in [1.807, 2.05) is 6.92 Å². The average Bonchev–Trinajstić information content (AvgIpc) is 3.12. The van der Waals surface area contributed by atoms with Crippen LogP contribution in [0.15, 0.2) is 36.8 Å².